The number of aromatic nitrogens is 1. The smallest absolute Gasteiger partial charge is 0.326 e. The van der Waals surface area contributed by atoms with Gasteiger partial charge < -0.3 is 10.0 Å². The van der Waals surface area contributed by atoms with Crippen molar-refractivity contribution in [1.82, 2.24) is 9.88 Å². The van der Waals surface area contributed by atoms with Gasteiger partial charge in [0.25, 0.3) is 5.91 Å². The van der Waals surface area contributed by atoms with Crippen LogP contribution in [0.2, 0.25) is 0 Å². The molecule has 1 atom stereocenters. The van der Waals surface area contributed by atoms with E-state index in [1.807, 2.05) is 30.3 Å². The van der Waals surface area contributed by atoms with E-state index in [0.29, 0.717) is 17.8 Å². The summed E-state index contributed by atoms with van der Waals surface area (Å²) in [6.07, 6.45) is 2.78. The van der Waals surface area contributed by atoms with Gasteiger partial charge in [-0.1, -0.05) is 30.3 Å². The van der Waals surface area contributed by atoms with Crippen molar-refractivity contribution in [1.29, 1.82) is 0 Å². The summed E-state index contributed by atoms with van der Waals surface area (Å²) in [4.78, 5) is 29.8. The summed E-state index contributed by atoms with van der Waals surface area (Å²) in [5, 5.41) is 9.93. The lowest BCUT2D eigenvalue weighted by Crippen LogP contribution is -2.40. The maximum absolute atomic E-state index is 12.4. The molecule has 0 radical (unpaired) electrons. The van der Waals surface area contributed by atoms with Crippen molar-refractivity contribution in [3.05, 3.63) is 41.4 Å². The van der Waals surface area contributed by atoms with Gasteiger partial charge in [0, 0.05) is 12.1 Å². The number of hydrogen-bond acceptors (Lipinski definition) is 4. The molecule has 2 aromatic rings. The molecular weight excluding hydrogens is 288 g/mol. The molecule has 1 aliphatic heterocycles. The summed E-state index contributed by atoms with van der Waals surface area (Å²) in [6.45, 7) is 0.494. The highest BCUT2D eigenvalue weighted by atomic mass is 32.1. The van der Waals surface area contributed by atoms with E-state index in [9.17, 15) is 9.59 Å². The van der Waals surface area contributed by atoms with Crippen LogP contribution in [0.15, 0.2) is 36.5 Å². The summed E-state index contributed by atoms with van der Waals surface area (Å²) in [6, 6.07) is 8.91. The van der Waals surface area contributed by atoms with Gasteiger partial charge >= 0.3 is 5.97 Å². The van der Waals surface area contributed by atoms with Gasteiger partial charge in [-0.05, 0) is 12.8 Å². The average molecular weight is 302 g/mol. The Balaban J connectivity index is 1.83. The van der Waals surface area contributed by atoms with E-state index in [1.54, 1.807) is 0 Å². The molecule has 1 N–H and O–H groups in total. The number of rotatable bonds is 3. The highest BCUT2D eigenvalue weighted by molar-refractivity contribution is 7.16. The van der Waals surface area contributed by atoms with Gasteiger partial charge in [0.1, 0.15) is 15.9 Å². The summed E-state index contributed by atoms with van der Waals surface area (Å²) in [5.74, 6) is -1.17. The summed E-state index contributed by atoms with van der Waals surface area (Å²) < 4.78 is 0. The van der Waals surface area contributed by atoms with Crippen molar-refractivity contribution >= 4 is 23.2 Å². The molecule has 1 aliphatic rings. The topological polar surface area (TPSA) is 70.5 Å². The Morgan fingerprint density at radius 3 is 2.76 bits per heavy atom. The Hall–Kier alpha value is -2.21. The third kappa shape index (κ3) is 2.67. The molecule has 108 valence electrons. The van der Waals surface area contributed by atoms with Gasteiger partial charge in [0.05, 0.1) is 6.20 Å². The fourth-order valence-electron chi connectivity index (χ4n) is 2.50. The normalized spacial score (nSPS) is 17.9. The zero-order valence-corrected chi connectivity index (χ0v) is 12.0. The van der Waals surface area contributed by atoms with E-state index >= 15 is 0 Å². The summed E-state index contributed by atoms with van der Waals surface area (Å²) in [7, 11) is 0. The molecular formula is C15H14N2O3S. The first-order valence-corrected chi connectivity index (χ1v) is 7.53. The van der Waals surface area contributed by atoms with Crippen molar-refractivity contribution in [2.45, 2.75) is 18.9 Å². The minimum atomic E-state index is -0.936. The zero-order chi connectivity index (χ0) is 14.8. The Bertz CT molecular complexity index is 669. The van der Waals surface area contributed by atoms with Crippen LogP contribution in [0.5, 0.6) is 0 Å². The molecule has 3 rings (SSSR count). The molecule has 0 spiro atoms. The Labute approximate surface area is 125 Å². The highest BCUT2D eigenvalue weighted by Gasteiger charge is 2.35. The SMILES string of the molecule is O=C(O)[C@H]1CCCN1C(=O)c1cnc(-c2ccccc2)s1. The molecule has 1 aromatic carbocycles. The second kappa shape index (κ2) is 5.65. The van der Waals surface area contributed by atoms with Gasteiger partial charge in [-0.3, -0.25) is 4.79 Å². The quantitative estimate of drug-likeness (QED) is 0.945. The van der Waals surface area contributed by atoms with Gasteiger partial charge in [-0.25, -0.2) is 9.78 Å². The number of carboxylic acid groups (broad SMARTS) is 1. The van der Waals surface area contributed by atoms with E-state index in [0.717, 1.165) is 17.0 Å². The molecule has 1 amide bonds. The maximum Gasteiger partial charge on any atom is 0.326 e. The van der Waals surface area contributed by atoms with Crippen molar-refractivity contribution in [3.63, 3.8) is 0 Å². The zero-order valence-electron chi connectivity index (χ0n) is 11.2. The third-order valence-electron chi connectivity index (χ3n) is 3.54. The van der Waals surface area contributed by atoms with E-state index in [4.69, 9.17) is 5.11 Å². The monoisotopic (exact) mass is 302 g/mol. The third-order valence-corrected chi connectivity index (χ3v) is 4.57. The number of likely N-dealkylation sites (tertiary alicyclic amines) is 1. The lowest BCUT2D eigenvalue weighted by atomic mass is 10.2. The van der Waals surface area contributed by atoms with E-state index in [1.165, 1.54) is 22.4 Å². The summed E-state index contributed by atoms with van der Waals surface area (Å²) in [5.41, 5.74) is 0.956. The van der Waals surface area contributed by atoms with Crippen LogP contribution in [0.25, 0.3) is 10.6 Å². The summed E-state index contributed by atoms with van der Waals surface area (Å²) >= 11 is 1.30. The van der Waals surface area contributed by atoms with Crippen molar-refractivity contribution in [2.24, 2.45) is 0 Å². The number of hydrogen-bond donors (Lipinski definition) is 1. The number of nitrogens with zero attached hydrogens (tertiary/aromatic N) is 2. The second-order valence-corrected chi connectivity index (χ2v) is 5.92. The largest absolute Gasteiger partial charge is 0.480 e. The first-order valence-electron chi connectivity index (χ1n) is 6.72. The fraction of sp³-hybridized carbons (Fsp3) is 0.267. The predicted octanol–water partition coefficient (Wildman–Crippen LogP) is 2.50. The van der Waals surface area contributed by atoms with Crippen LogP contribution in [-0.2, 0) is 4.79 Å². The molecule has 0 unspecified atom stereocenters. The van der Waals surface area contributed by atoms with Gasteiger partial charge in [0.15, 0.2) is 0 Å². The number of amides is 1. The number of thiazole rings is 1. The molecule has 1 aromatic heterocycles. The maximum atomic E-state index is 12.4. The van der Waals surface area contributed by atoms with Crippen LogP contribution in [0.3, 0.4) is 0 Å². The number of carbonyl (C=O) groups excluding carboxylic acids is 1. The Kier molecular flexibility index (Phi) is 3.70. The molecule has 5 nitrogen and oxygen atoms in total. The van der Waals surface area contributed by atoms with Gasteiger partial charge in [-0.2, -0.15) is 0 Å². The number of carboxylic acids is 1. The molecule has 1 saturated heterocycles. The lowest BCUT2D eigenvalue weighted by Gasteiger charge is -2.20. The van der Waals surface area contributed by atoms with Crippen molar-refractivity contribution in [3.8, 4) is 10.6 Å². The van der Waals surface area contributed by atoms with E-state index in [-0.39, 0.29) is 5.91 Å². The van der Waals surface area contributed by atoms with Crippen LogP contribution in [0.1, 0.15) is 22.5 Å². The molecule has 6 heteroatoms. The lowest BCUT2D eigenvalue weighted by molar-refractivity contribution is -0.141. The molecule has 2 heterocycles. The first-order chi connectivity index (χ1) is 10.2. The first kappa shape index (κ1) is 13.8. The number of aliphatic carboxylic acids is 1. The molecule has 0 bridgehead atoms. The molecule has 21 heavy (non-hydrogen) atoms. The Morgan fingerprint density at radius 2 is 2.05 bits per heavy atom. The average Bonchev–Trinajstić information content (AvgIpc) is 3.17. The van der Waals surface area contributed by atoms with Crippen LogP contribution in [0, 0.1) is 0 Å². The van der Waals surface area contributed by atoms with Crippen LogP contribution < -0.4 is 0 Å². The second-order valence-electron chi connectivity index (χ2n) is 4.89. The minimum Gasteiger partial charge on any atom is -0.480 e. The standard InChI is InChI=1S/C15H14N2O3S/c18-14(17-8-4-7-11(17)15(19)20)12-9-16-13(21-12)10-5-2-1-3-6-10/h1-3,5-6,9,11H,4,7-8H2,(H,19,20)/t11-/m1/s1. The van der Waals surface area contributed by atoms with Crippen molar-refractivity contribution in [2.75, 3.05) is 6.54 Å². The van der Waals surface area contributed by atoms with Crippen molar-refractivity contribution < 1.29 is 14.7 Å². The van der Waals surface area contributed by atoms with E-state index < -0.39 is 12.0 Å². The fourth-order valence-corrected chi connectivity index (χ4v) is 3.37. The highest BCUT2D eigenvalue weighted by Crippen LogP contribution is 2.28. The Morgan fingerprint density at radius 1 is 1.29 bits per heavy atom. The van der Waals surface area contributed by atoms with Gasteiger partial charge in [-0.15, -0.1) is 11.3 Å². The molecule has 0 saturated carbocycles. The van der Waals surface area contributed by atoms with Crippen LogP contribution in [0.4, 0.5) is 0 Å². The van der Waals surface area contributed by atoms with Crippen LogP contribution in [-0.4, -0.2) is 39.5 Å². The number of carbonyl (C=O) groups is 2. The minimum absolute atomic E-state index is 0.236. The van der Waals surface area contributed by atoms with Crippen LogP contribution >= 0.6 is 11.3 Å². The van der Waals surface area contributed by atoms with Gasteiger partial charge in [0.2, 0.25) is 0 Å². The van der Waals surface area contributed by atoms with E-state index in [2.05, 4.69) is 4.98 Å². The number of benzene rings is 1. The molecule has 1 fully saturated rings. The molecule has 0 aliphatic carbocycles. The predicted molar refractivity (Wildman–Crippen MR) is 79.2 cm³/mol.